The first-order valence-corrected chi connectivity index (χ1v) is 12.0. The smallest absolute Gasteiger partial charge is 0.416 e. The van der Waals surface area contributed by atoms with Crippen molar-refractivity contribution in [3.63, 3.8) is 0 Å². The predicted octanol–water partition coefficient (Wildman–Crippen LogP) is 4.66. The lowest BCUT2D eigenvalue weighted by molar-refractivity contribution is -0.138. The summed E-state index contributed by atoms with van der Waals surface area (Å²) in [6.45, 7) is 0.606. The molecule has 0 radical (unpaired) electrons. The average molecular weight is 588 g/mol. The van der Waals surface area contributed by atoms with Gasteiger partial charge in [0.05, 0.1) is 31.9 Å². The van der Waals surface area contributed by atoms with Crippen LogP contribution in [0.25, 0.3) is 0 Å². The van der Waals surface area contributed by atoms with Gasteiger partial charge in [-0.1, -0.05) is 12.1 Å². The molecule has 0 spiro atoms. The highest BCUT2D eigenvalue weighted by molar-refractivity contribution is 9.10. The summed E-state index contributed by atoms with van der Waals surface area (Å²) in [6.07, 6.45) is -4.60. The molecule has 0 amide bonds. The van der Waals surface area contributed by atoms with Crippen molar-refractivity contribution in [3.05, 3.63) is 89.9 Å². The predicted molar refractivity (Wildman–Crippen MR) is 134 cm³/mol. The zero-order valence-corrected chi connectivity index (χ0v) is 22.2. The van der Waals surface area contributed by atoms with Crippen molar-refractivity contribution < 1.29 is 27.0 Å². The lowest BCUT2D eigenvalue weighted by atomic mass is 10.0. The number of alkyl halides is 3. The van der Waals surface area contributed by atoms with Gasteiger partial charge < -0.3 is 14.8 Å². The minimum absolute atomic E-state index is 0.00659. The van der Waals surface area contributed by atoms with E-state index in [1.807, 2.05) is 0 Å². The third-order valence-electron chi connectivity index (χ3n) is 6.16. The summed E-state index contributed by atoms with van der Waals surface area (Å²) in [7, 11) is 4.70. The van der Waals surface area contributed by atoms with E-state index in [1.165, 1.54) is 21.1 Å². The lowest BCUT2D eigenvalue weighted by Crippen LogP contribution is -2.42. The number of nitrogens with zero attached hydrogens (tertiary/aromatic N) is 2. The van der Waals surface area contributed by atoms with Gasteiger partial charge in [-0.25, -0.2) is 9.18 Å². The lowest BCUT2D eigenvalue weighted by Gasteiger charge is -2.23. The zero-order chi connectivity index (χ0) is 27.5. The summed E-state index contributed by atoms with van der Waals surface area (Å²) in [5.41, 5.74) is -2.63. The molecular weight excluding hydrogens is 562 g/mol. The maximum atomic E-state index is 14.5. The zero-order valence-electron chi connectivity index (χ0n) is 20.6. The molecular formula is C25H26BrF4N3O4. The molecule has 37 heavy (non-hydrogen) atoms. The van der Waals surface area contributed by atoms with Crippen molar-refractivity contribution in [2.24, 2.45) is 0 Å². The minimum atomic E-state index is -4.82. The van der Waals surface area contributed by atoms with E-state index in [-0.39, 0.29) is 23.1 Å². The Kier molecular flexibility index (Phi) is 8.85. The van der Waals surface area contributed by atoms with Crippen LogP contribution in [0.5, 0.6) is 11.5 Å². The van der Waals surface area contributed by atoms with Crippen LogP contribution in [0.15, 0.2) is 50.5 Å². The van der Waals surface area contributed by atoms with Crippen LogP contribution >= 0.6 is 15.9 Å². The first-order valence-electron chi connectivity index (χ1n) is 11.2. The maximum absolute atomic E-state index is 14.5. The Labute approximate surface area is 218 Å². The summed E-state index contributed by atoms with van der Waals surface area (Å²) in [4.78, 5) is 26.3. The molecule has 0 unspecified atom stereocenters. The van der Waals surface area contributed by atoms with E-state index >= 15 is 0 Å². The summed E-state index contributed by atoms with van der Waals surface area (Å²) < 4.78 is 67.9. The van der Waals surface area contributed by atoms with Gasteiger partial charge in [-0.05, 0) is 60.6 Å². The van der Waals surface area contributed by atoms with Gasteiger partial charge in [-0.2, -0.15) is 13.2 Å². The second kappa shape index (κ2) is 11.5. The highest BCUT2D eigenvalue weighted by Crippen LogP contribution is 2.36. The number of aromatic nitrogens is 2. The fourth-order valence-corrected chi connectivity index (χ4v) is 4.64. The Balaban J connectivity index is 2.06. The Morgan fingerprint density at radius 2 is 1.62 bits per heavy atom. The number of methoxy groups -OCH3 is 2. The number of nitrogens with one attached hydrogen (secondary N) is 1. The van der Waals surface area contributed by atoms with Crippen molar-refractivity contribution in [2.75, 3.05) is 21.3 Å². The van der Waals surface area contributed by atoms with Crippen molar-refractivity contribution in [2.45, 2.75) is 38.7 Å². The highest BCUT2D eigenvalue weighted by atomic mass is 79.9. The van der Waals surface area contributed by atoms with Crippen LogP contribution in [0.2, 0.25) is 0 Å². The Morgan fingerprint density at radius 1 is 1.03 bits per heavy atom. The Hall–Kier alpha value is -3.12. The molecule has 2 aromatic carbocycles. The van der Waals surface area contributed by atoms with Gasteiger partial charge in [0, 0.05) is 23.8 Å². The minimum Gasteiger partial charge on any atom is -0.496 e. The number of benzene rings is 2. The van der Waals surface area contributed by atoms with Crippen molar-refractivity contribution in [3.8, 4) is 11.5 Å². The molecule has 1 heterocycles. The summed E-state index contributed by atoms with van der Waals surface area (Å²) in [5.74, 6) is -0.0333. The number of ether oxygens (including phenoxy) is 2. The van der Waals surface area contributed by atoms with Gasteiger partial charge in [-0.3, -0.25) is 13.9 Å². The molecule has 0 aliphatic heterocycles. The molecule has 1 atom stereocenters. The average Bonchev–Trinajstić information content (AvgIpc) is 2.87. The van der Waals surface area contributed by atoms with Crippen LogP contribution < -0.4 is 26.0 Å². The van der Waals surface area contributed by atoms with E-state index < -0.39 is 47.0 Å². The monoisotopic (exact) mass is 587 g/mol. The molecule has 0 aliphatic carbocycles. The van der Waals surface area contributed by atoms with Crippen molar-refractivity contribution in [1.82, 2.24) is 14.5 Å². The van der Waals surface area contributed by atoms with Gasteiger partial charge in [0.25, 0.3) is 5.56 Å². The molecule has 12 heteroatoms. The third kappa shape index (κ3) is 5.74. The Morgan fingerprint density at radius 3 is 2.16 bits per heavy atom. The van der Waals surface area contributed by atoms with Crippen LogP contribution in [-0.2, 0) is 19.3 Å². The molecule has 0 saturated heterocycles. The van der Waals surface area contributed by atoms with Gasteiger partial charge in [0.1, 0.15) is 21.8 Å². The fourth-order valence-electron chi connectivity index (χ4n) is 4.21. The Bertz CT molecular complexity index is 1380. The van der Waals surface area contributed by atoms with E-state index in [1.54, 1.807) is 25.2 Å². The van der Waals surface area contributed by atoms with Crippen LogP contribution in [0.1, 0.15) is 34.8 Å². The molecule has 0 saturated carbocycles. The maximum Gasteiger partial charge on any atom is 0.416 e. The van der Waals surface area contributed by atoms with E-state index in [0.29, 0.717) is 17.1 Å². The van der Waals surface area contributed by atoms with Crippen LogP contribution in [0, 0.1) is 12.7 Å². The standard InChI is InChI=1S/C25H26BrF4N3O4/c1-14-22(26)23(34)32(12-11-18(31-2)21-19(36-3)9-6-10-20(21)37-4)24(35)33(14)13-15-16(25(28,29)30)7-5-8-17(15)27/h5-10,18,31H,11-13H2,1-4H3/t18-/m0/s1. The van der Waals surface area contributed by atoms with Crippen molar-refractivity contribution in [1.29, 1.82) is 0 Å². The van der Waals surface area contributed by atoms with Crippen LogP contribution in [0.3, 0.4) is 0 Å². The number of hydrogen-bond donors (Lipinski definition) is 1. The summed E-state index contributed by atoms with van der Waals surface area (Å²) >= 11 is 3.15. The fraction of sp³-hybridized carbons (Fsp3) is 0.360. The van der Waals surface area contributed by atoms with Gasteiger partial charge in [-0.15, -0.1) is 0 Å². The quantitative estimate of drug-likeness (QED) is 0.369. The second-order valence-corrected chi connectivity index (χ2v) is 8.99. The van der Waals surface area contributed by atoms with Gasteiger partial charge in [0.2, 0.25) is 0 Å². The number of halogens is 5. The first kappa shape index (κ1) is 28.5. The largest absolute Gasteiger partial charge is 0.496 e. The molecule has 7 nitrogen and oxygen atoms in total. The molecule has 0 fully saturated rings. The second-order valence-electron chi connectivity index (χ2n) is 8.19. The topological polar surface area (TPSA) is 74.5 Å². The normalized spacial score (nSPS) is 12.5. The highest BCUT2D eigenvalue weighted by Gasteiger charge is 2.35. The van der Waals surface area contributed by atoms with Gasteiger partial charge >= 0.3 is 11.9 Å². The first-order chi connectivity index (χ1) is 17.5. The number of rotatable bonds is 9. The number of hydrogen-bond acceptors (Lipinski definition) is 5. The molecule has 1 aromatic heterocycles. The van der Waals surface area contributed by atoms with E-state index in [4.69, 9.17) is 9.47 Å². The van der Waals surface area contributed by atoms with Crippen LogP contribution in [0.4, 0.5) is 17.6 Å². The SMILES string of the molecule is CN[C@@H](CCn1c(=O)c(Br)c(C)n(Cc2c(F)cccc2C(F)(F)F)c1=O)c1c(OC)cccc1OC. The van der Waals surface area contributed by atoms with E-state index in [2.05, 4.69) is 21.2 Å². The van der Waals surface area contributed by atoms with E-state index in [0.717, 1.165) is 27.3 Å². The molecule has 3 aromatic rings. The van der Waals surface area contributed by atoms with Gasteiger partial charge in [0.15, 0.2) is 0 Å². The molecule has 200 valence electrons. The molecule has 0 aliphatic rings. The van der Waals surface area contributed by atoms with Crippen LogP contribution in [-0.4, -0.2) is 30.4 Å². The summed E-state index contributed by atoms with van der Waals surface area (Å²) in [5, 5.41) is 3.12. The van der Waals surface area contributed by atoms with E-state index in [9.17, 15) is 27.2 Å². The third-order valence-corrected chi connectivity index (χ3v) is 7.07. The molecule has 3 rings (SSSR count). The molecule has 0 bridgehead atoms. The molecule has 1 N–H and O–H groups in total. The van der Waals surface area contributed by atoms with Crippen molar-refractivity contribution >= 4 is 15.9 Å². The summed E-state index contributed by atoms with van der Waals surface area (Å²) in [6, 6.07) is 7.45.